The van der Waals surface area contributed by atoms with Gasteiger partial charge in [-0.3, -0.25) is 0 Å². The smallest absolute Gasteiger partial charge is 0.258 e. The number of hydrogen-bond donors (Lipinski definition) is 1. The Hall–Kier alpha value is -1.97. The predicted octanol–water partition coefficient (Wildman–Crippen LogP) is 2.61. The Bertz CT molecular complexity index is 875. The first-order valence-corrected chi connectivity index (χ1v) is 9.07. The van der Waals surface area contributed by atoms with Crippen molar-refractivity contribution < 1.29 is 4.52 Å². The Morgan fingerprint density at radius 2 is 2.08 bits per heavy atom. The van der Waals surface area contributed by atoms with Crippen molar-refractivity contribution in [1.29, 1.82) is 0 Å². The average Bonchev–Trinajstić information content (AvgIpc) is 3.23. The second-order valence-electron chi connectivity index (χ2n) is 6.06. The minimum Gasteiger partial charge on any atom is -0.334 e. The lowest BCUT2D eigenvalue weighted by Gasteiger charge is -2.21. The summed E-state index contributed by atoms with van der Waals surface area (Å²) in [5, 5.41) is 17.6. The lowest BCUT2D eigenvalue weighted by atomic mass is 9.97. The molecular weight excluding hydrogens is 374 g/mol. The van der Waals surface area contributed by atoms with E-state index in [4.69, 9.17) is 4.52 Å². The second-order valence-corrected chi connectivity index (χ2v) is 7.04. The average molecular weight is 394 g/mol. The van der Waals surface area contributed by atoms with E-state index >= 15 is 0 Å². The van der Waals surface area contributed by atoms with E-state index in [-0.39, 0.29) is 12.4 Å². The SMILES string of the molecule is Cc1noc(-c2ccnc(Sc3nnc(C4CCNCC4)n3C)c2)n1.Cl. The van der Waals surface area contributed by atoms with E-state index in [1.165, 1.54) is 11.8 Å². The van der Waals surface area contributed by atoms with Crippen LogP contribution in [0.25, 0.3) is 11.5 Å². The molecule has 4 rings (SSSR count). The lowest BCUT2D eigenvalue weighted by Crippen LogP contribution is -2.27. The number of pyridine rings is 1. The van der Waals surface area contributed by atoms with Gasteiger partial charge in [-0.25, -0.2) is 4.98 Å². The third-order valence-electron chi connectivity index (χ3n) is 4.28. The van der Waals surface area contributed by atoms with Crippen molar-refractivity contribution in [3.8, 4) is 11.5 Å². The fourth-order valence-corrected chi connectivity index (χ4v) is 3.76. The Morgan fingerprint density at radius 3 is 2.81 bits per heavy atom. The Labute approximate surface area is 161 Å². The van der Waals surface area contributed by atoms with E-state index in [0.717, 1.165) is 47.5 Å². The molecule has 3 aromatic heterocycles. The van der Waals surface area contributed by atoms with Crippen molar-refractivity contribution in [3.05, 3.63) is 30.0 Å². The molecule has 3 aromatic rings. The molecule has 0 radical (unpaired) electrons. The third-order valence-corrected chi connectivity index (χ3v) is 5.25. The van der Waals surface area contributed by atoms with Gasteiger partial charge in [0.05, 0.1) is 0 Å². The van der Waals surface area contributed by atoms with Gasteiger partial charge in [0.15, 0.2) is 11.0 Å². The first-order valence-electron chi connectivity index (χ1n) is 8.25. The molecule has 0 saturated carbocycles. The predicted molar refractivity (Wildman–Crippen MR) is 99.5 cm³/mol. The van der Waals surface area contributed by atoms with Crippen LogP contribution in [0.2, 0.25) is 0 Å². The molecule has 4 heterocycles. The molecule has 10 heteroatoms. The molecule has 0 amide bonds. The maximum atomic E-state index is 5.23. The second kappa shape index (κ2) is 8.15. The van der Waals surface area contributed by atoms with Crippen molar-refractivity contribution in [2.45, 2.75) is 35.9 Å². The molecule has 1 N–H and O–H groups in total. The molecule has 1 aliphatic heterocycles. The van der Waals surface area contributed by atoms with Gasteiger partial charge in [0.2, 0.25) is 0 Å². The maximum absolute atomic E-state index is 5.23. The number of aryl methyl sites for hydroxylation is 1. The molecule has 0 aromatic carbocycles. The highest BCUT2D eigenvalue weighted by atomic mass is 35.5. The summed E-state index contributed by atoms with van der Waals surface area (Å²) in [6, 6.07) is 3.78. The van der Waals surface area contributed by atoms with E-state index in [2.05, 4.69) is 35.2 Å². The maximum Gasteiger partial charge on any atom is 0.258 e. The molecule has 0 aliphatic carbocycles. The summed E-state index contributed by atoms with van der Waals surface area (Å²) in [6.07, 6.45) is 3.93. The summed E-state index contributed by atoms with van der Waals surface area (Å²) in [7, 11) is 2.02. The zero-order valence-electron chi connectivity index (χ0n) is 14.5. The summed E-state index contributed by atoms with van der Waals surface area (Å²) in [5.74, 6) is 2.62. The van der Waals surface area contributed by atoms with Crippen LogP contribution >= 0.6 is 24.2 Å². The molecule has 138 valence electrons. The number of halogens is 1. The number of hydrogen-bond acceptors (Lipinski definition) is 8. The number of aromatic nitrogens is 6. The highest BCUT2D eigenvalue weighted by Crippen LogP contribution is 2.30. The molecule has 1 saturated heterocycles. The molecule has 0 unspecified atom stereocenters. The summed E-state index contributed by atoms with van der Waals surface area (Å²) < 4.78 is 7.30. The summed E-state index contributed by atoms with van der Waals surface area (Å²) in [6.45, 7) is 3.87. The molecule has 26 heavy (non-hydrogen) atoms. The first-order chi connectivity index (χ1) is 12.2. The van der Waals surface area contributed by atoms with Crippen LogP contribution in [0.3, 0.4) is 0 Å². The first kappa shape index (κ1) is 18.8. The summed E-state index contributed by atoms with van der Waals surface area (Å²) in [5.41, 5.74) is 0.846. The van der Waals surface area contributed by atoms with Crippen molar-refractivity contribution in [2.24, 2.45) is 7.05 Å². The van der Waals surface area contributed by atoms with Gasteiger partial charge in [-0.1, -0.05) is 5.16 Å². The van der Waals surface area contributed by atoms with Crippen molar-refractivity contribution >= 4 is 24.2 Å². The molecule has 0 atom stereocenters. The molecule has 1 aliphatic rings. The standard InChI is InChI=1S/C16H19N7OS.ClH/c1-10-19-15(24-22-10)12-5-8-18-13(9-12)25-16-21-20-14(23(16)2)11-3-6-17-7-4-11;/h5,8-9,11,17H,3-4,6-7H2,1-2H3;1H. The monoisotopic (exact) mass is 393 g/mol. The van der Waals surface area contributed by atoms with Gasteiger partial charge >= 0.3 is 0 Å². The van der Waals surface area contributed by atoms with Crippen LogP contribution in [-0.2, 0) is 7.05 Å². The minimum atomic E-state index is 0. The fraction of sp³-hybridized carbons (Fsp3) is 0.438. The normalized spacial score (nSPS) is 15.0. The van der Waals surface area contributed by atoms with Gasteiger partial charge in [0.1, 0.15) is 10.9 Å². The van der Waals surface area contributed by atoms with Crippen LogP contribution in [0.1, 0.15) is 30.4 Å². The van der Waals surface area contributed by atoms with E-state index in [1.807, 2.05) is 19.2 Å². The van der Waals surface area contributed by atoms with E-state index < -0.39 is 0 Å². The molecule has 1 fully saturated rings. The zero-order valence-corrected chi connectivity index (χ0v) is 16.2. The van der Waals surface area contributed by atoms with Crippen molar-refractivity contribution in [2.75, 3.05) is 13.1 Å². The van der Waals surface area contributed by atoms with Gasteiger partial charge in [0, 0.05) is 24.7 Å². The number of nitrogens with one attached hydrogen (secondary N) is 1. The summed E-state index contributed by atoms with van der Waals surface area (Å²) in [4.78, 5) is 8.67. The quantitative estimate of drug-likeness (QED) is 0.722. The zero-order chi connectivity index (χ0) is 17.2. The summed E-state index contributed by atoms with van der Waals surface area (Å²) >= 11 is 1.49. The van der Waals surface area contributed by atoms with Crippen LogP contribution in [0.15, 0.2) is 33.0 Å². The minimum absolute atomic E-state index is 0. The Morgan fingerprint density at radius 1 is 1.27 bits per heavy atom. The number of piperidine rings is 1. The number of nitrogens with zero attached hydrogens (tertiary/aromatic N) is 6. The van der Waals surface area contributed by atoms with Crippen LogP contribution < -0.4 is 5.32 Å². The van der Waals surface area contributed by atoms with E-state index in [0.29, 0.717) is 17.6 Å². The fourth-order valence-electron chi connectivity index (χ4n) is 2.96. The third kappa shape index (κ3) is 3.89. The molecule has 0 bridgehead atoms. The molecule has 8 nitrogen and oxygen atoms in total. The van der Waals surface area contributed by atoms with Crippen LogP contribution in [0.4, 0.5) is 0 Å². The number of rotatable bonds is 4. The molecule has 0 spiro atoms. The van der Waals surface area contributed by atoms with Gasteiger partial charge in [0.25, 0.3) is 5.89 Å². The van der Waals surface area contributed by atoms with Gasteiger partial charge in [-0.05, 0) is 56.7 Å². The van der Waals surface area contributed by atoms with Crippen LogP contribution in [0, 0.1) is 6.92 Å². The van der Waals surface area contributed by atoms with Gasteiger partial charge in [-0.2, -0.15) is 4.98 Å². The lowest BCUT2D eigenvalue weighted by molar-refractivity contribution is 0.425. The molecular formula is C16H20ClN7OS. The van der Waals surface area contributed by atoms with E-state index in [1.54, 1.807) is 13.1 Å². The van der Waals surface area contributed by atoms with Crippen LogP contribution in [-0.4, -0.2) is 43.0 Å². The topological polar surface area (TPSA) is 94.5 Å². The van der Waals surface area contributed by atoms with Crippen molar-refractivity contribution in [3.63, 3.8) is 0 Å². The van der Waals surface area contributed by atoms with Crippen molar-refractivity contribution in [1.82, 2.24) is 35.2 Å². The van der Waals surface area contributed by atoms with Gasteiger partial charge in [-0.15, -0.1) is 22.6 Å². The highest BCUT2D eigenvalue weighted by molar-refractivity contribution is 7.99. The Kier molecular flexibility index (Phi) is 5.90. The largest absolute Gasteiger partial charge is 0.334 e. The Balaban J connectivity index is 0.00000196. The highest BCUT2D eigenvalue weighted by Gasteiger charge is 2.22. The van der Waals surface area contributed by atoms with Crippen LogP contribution in [0.5, 0.6) is 0 Å². The van der Waals surface area contributed by atoms with E-state index in [9.17, 15) is 0 Å². The van der Waals surface area contributed by atoms with Gasteiger partial charge < -0.3 is 14.4 Å².